The summed E-state index contributed by atoms with van der Waals surface area (Å²) >= 11 is 0. The van der Waals surface area contributed by atoms with E-state index >= 15 is 0 Å². The first-order valence-electron chi connectivity index (χ1n) is 8.96. The molecule has 0 saturated carbocycles. The van der Waals surface area contributed by atoms with Crippen LogP contribution in [-0.2, 0) is 6.42 Å². The Kier molecular flexibility index (Phi) is 4.26. The van der Waals surface area contributed by atoms with E-state index in [0.29, 0.717) is 5.92 Å². The molecule has 0 saturated heterocycles. The van der Waals surface area contributed by atoms with Crippen molar-refractivity contribution in [1.82, 2.24) is 9.97 Å². The number of nitrogens with zero attached hydrogens (tertiary/aromatic N) is 2. The number of nitrogens with one attached hydrogen (secondary N) is 1. The van der Waals surface area contributed by atoms with Crippen molar-refractivity contribution in [1.29, 1.82) is 0 Å². The smallest absolute Gasteiger partial charge is 0.143 e. The number of hydrogen-bond acceptors (Lipinski definition) is 4. The molecule has 3 aromatic rings. The van der Waals surface area contributed by atoms with Crippen LogP contribution in [0.5, 0.6) is 5.75 Å². The summed E-state index contributed by atoms with van der Waals surface area (Å²) in [6.45, 7) is 5.27. The van der Waals surface area contributed by atoms with Crippen molar-refractivity contribution < 1.29 is 4.74 Å². The first-order chi connectivity index (χ1) is 12.2. The van der Waals surface area contributed by atoms with E-state index < -0.39 is 0 Å². The van der Waals surface area contributed by atoms with E-state index in [1.807, 2.05) is 6.20 Å². The highest BCUT2D eigenvalue weighted by atomic mass is 16.5. The van der Waals surface area contributed by atoms with Crippen LogP contribution in [-0.4, -0.2) is 22.6 Å². The van der Waals surface area contributed by atoms with Gasteiger partial charge in [0, 0.05) is 11.6 Å². The molecule has 0 spiro atoms. The second-order valence-electron chi connectivity index (χ2n) is 6.78. The molecule has 0 amide bonds. The van der Waals surface area contributed by atoms with Crippen LogP contribution in [0.15, 0.2) is 48.9 Å². The Morgan fingerprint density at radius 1 is 1.24 bits per heavy atom. The lowest BCUT2D eigenvalue weighted by molar-refractivity contribution is 0.187. The molecule has 128 valence electrons. The van der Waals surface area contributed by atoms with Gasteiger partial charge in [-0.05, 0) is 54.2 Å². The minimum Gasteiger partial charge on any atom is -0.486 e. The van der Waals surface area contributed by atoms with E-state index in [1.54, 1.807) is 6.33 Å². The Bertz CT molecular complexity index is 893. The first-order valence-corrected chi connectivity index (χ1v) is 8.96. The third-order valence-corrected chi connectivity index (χ3v) is 4.98. The first kappa shape index (κ1) is 15.9. The quantitative estimate of drug-likeness (QED) is 0.760. The zero-order chi connectivity index (χ0) is 17.2. The molecule has 0 aliphatic carbocycles. The number of aromatic nitrogens is 2. The van der Waals surface area contributed by atoms with Crippen molar-refractivity contribution in [2.45, 2.75) is 38.7 Å². The van der Waals surface area contributed by atoms with Gasteiger partial charge < -0.3 is 10.1 Å². The van der Waals surface area contributed by atoms with Gasteiger partial charge in [0.2, 0.25) is 0 Å². The summed E-state index contributed by atoms with van der Waals surface area (Å²) in [5.74, 6) is 1.39. The highest BCUT2D eigenvalue weighted by molar-refractivity contribution is 5.78. The van der Waals surface area contributed by atoms with Crippen molar-refractivity contribution in [3.63, 3.8) is 0 Å². The summed E-state index contributed by atoms with van der Waals surface area (Å²) in [4.78, 5) is 8.42. The van der Waals surface area contributed by atoms with Crippen LogP contribution in [0.2, 0.25) is 0 Å². The van der Waals surface area contributed by atoms with Gasteiger partial charge in [-0.15, -0.1) is 0 Å². The summed E-state index contributed by atoms with van der Waals surface area (Å²) in [5.41, 5.74) is 4.70. The van der Waals surface area contributed by atoms with Crippen LogP contribution in [0.25, 0.3) is 10.9 Å². The highest BCUT2D eigenvalue weighted by Crippen LogP contribution is 2.33. The van der Waals surface area contributed by atoms with E-state index in [1.165, 1.54) is 11.1 Å². The summed E-state index contributed by atoms with van der Waals surface area (Å²) in [6, 6.07) is 12.9. The second kappa shape index (κ2) is 6.71. The molecule has 2 atom stereocenters. The van der Waals surface area contributed by atoms with Gasteiger partial charge >= 0.3 is 0 Å². The van der Waals surface area contributed by atoms with E-state index in [-0.39, 0.29) is 6.10 Å². The van der Waals surface area contributed by atoms with E-state index in [9.17, 15) is 0 Å². The summed E-state index contributed by atoms with van der Waals surface area (Å²) in [6.07, 6.45) is 5.64. The summed E-state index contributed by atoms with van der Waals surface area (Å²) in [7, 11) is 0. The number of benzene rings is 2. The predicted octanol–water partition coefficient (Wildman–Crippen LogP) is 4.56. The van der Waals surface area contributed by atoms with Gasteiger partial charge in [-0.25, -0.2) is 9.97 Å². The fraction of sp³-hybridized carbons (Fsp3) is 0.333. The van der Waals surface area contributed by atoms with Gasteiger partial charge in [-0.3, -0.25) is 0 Å². The minimum absolute atomic E-state index is 0.178. The molecule has 0 fully saturated rings. The van der Waals surface area contributed by atoms with Crippen molar-refractivity contribution in [2.24, 2.45) is 0 Å². The molecule has 2 unspecified atom stereocenters. The monoisotopic (exact) mass is 333 g/mol. The zero-order valence-corrected chi connectivity index (χ0v) is 14.7. The molecule has 1 N–H and O–H groups in total. The van der Waals surface area contributed by atoms with E-state index in [0.717, 1.165) is 41.7 Å². The number of fused-ring (bicyclic) bond motifs is 2. The van der Waals surface area contributed by atoms with Crippen molar-refractivity contribution in [3.05, 3.63) is 60.0 Å². The topological polar surface area (TPSA) is 47.0 Å². The van der Waals surface area contributed by atoms with Gasteiger partial charge in [0.25, 0.3) is 0 Å². The highest BCUT2D eigenvalue weighted by Gasteiger charge is 2.22. The standard InChI is InChI=1S/C21H23N3O/c1-3-15-4-6-20-21(9-15)25-18(12-23-20)8-14(2)16-5-7-19-17(10-16)11-22-13-24-19/h4-7,9-11,13-14,18,23H,3,8,12H2,1-2H3. The SMILES string of the molecule is CCc1ccc2c(c1)OC(CC(C)c1ccc3ncncc3c1)CN2. The largest absolute Gasteiger partial charge is 0.486 e. The lowest BCUT2D eigenvalue weighted by Crippen LogP contribution is -2.32. The average Bonchev–Trinajstić information content (AvgIpc) is 2.67. The van der Waals surface area contributed by atoms with Crippen LogP contribution in [0.1, 0.15) is 37.3 Å². The normalized spacial score (nSPS) is 17.4. The van der Waals surface area contributed by atoms with Crippen molar-refractivity contribution in [3.8, 4) is 5.75 Å². The van der Waals surface area contributed by atoms with Crippen LogP contribution < -0.4 is 10.1 Å². The van der Waals surface area contributed by atoms with Crippen LogP contribution in [0.4, 0.5) is 5.69 Å². The average molecular weight is 333 g/mol. The maximum absolute atomic E-state index is 6.27. The van der Waals surface area contributed by atoms with Crippen molar-refractivity contribution >= 4 is 16.6 Å². The molecule has 4 rings (SSSR count). The predicted molar refractivity (Wildman–Crippen MR) is 101 cm³/mol. The van der Waals surface area contributed by atoms with Gasteiger partial charge in [0.05, 0.1) is 17.7 Å². The summed E-state index contributed by atoms with van der Waals surface area (Å²) < 4.78 is 6.27. The lowest BCUT2D eigenvalue weighted by atomic mass is 9.93. The molecule has 4 nitrogen and oxygen atoms in total. The molecule has 4 heteroatoms. The van der Waals surface area contributed by atoms with Crippen molar-refractivity contribution in [2.75, 3.05) is 11.9 Å². The van der Waals surface area contributed by atoms with Gasteiger partial charge in [-0.2, -0.15) is 0 Å². The van der Waals surface area contributed by atoms with Gasteiger partial charge in [-0.1, -0.05) is 26.0 Å². The minimum atomic E-state index is 0.178. The molecular formula is C21H23N3O. The number of hydrogen-bond donors (Lipinski definition) is 1. The Morgan fingerprint density at radius 2 is 2.16 bits per heavy atom. The second-order valence-corrected chi connectivity index (χ2v) is 6.78. The molecule has 2 heterocycles. The molecule has 1 aromatic heterocycles. The third kappa shape index (κ3) is 3.29. The molecule has 1 aliphatic rings. The Labute approximate surface area is 148 Å². The Balaban J connectivity index is 1.49. The number of anilines is 1. The molecule has 0 bridgehead atoms. The molecular weight excluding hydrogens is 310 g/mol. The van der Waals surface area contributed by atoms with Crippen LogP contribution in [0.3, 0.4) is 0 Å². The zero-order valence-electron chi connectivity index (χ0n) is 14.7. The lowest BCUT2D eigenvalue weighted by Gasteiger charge is -2.29. The molecule has 0 radical (unpaired) electrons. The summed E-state index contributed by atoms with van der Waals surface area (Å²) in [5, 5.41) is 4.60. The molecule has 2 aromatic carbocycles. The van der Waals surface area contributed by atoms with E-state index in [4.69, 9.17) is 4.74 Å². The Morgan fingerprint density at radius 3 is 3.04 bits per heavy atom. The number of ether oxygens (including phenoxy) is 1. The number of rotatable bonds is 4. The Hall–Kier alpha value is -2.62. The van der Waals surface area contributed by atoms with Gasteiger partial charge in [0.1, 0.15) is 18.2 Å². The maximum Gasteiger partial charge on any atom is 0.143 e. The number of aryl methyl sites for hydroxylation is 1. The van der Waals surface area contributed by atoms with Gasteiger partial charge in [0.15, 0.2) is 0 Å². The van der Waals surface area contributed by atoms with Crippen LogP contribution >= 0.6 is 0 Å². The fourth-order valence-corrected chi connectivity index (χ4v) is 3.45. The maximum atomic E-state index is 6.27. The molecule has 25 heavy (non-hydrogen) atoms. The third-order valence-electron chi connectivity index (χ3n) is 4.98. The fourth-order valence-electron chi connectivity index (χ4n) is 3.45. The van der Waals surface area contributed by atoms with E-state index in [2.05, 4.69) is 65.5 Å². The molecule has 1 aliphatic heterocycles. The van der Waals surface area contributed by atoms with Crippen LogP contribution in [0, 0.1) is 0 Å².